The molecule has 0 aliphatic carbocycles. The first-order valence-corrected chi connectivity index (χ1v) is 7.97. The molecule has 2 rings (SSSR count). The largest absolute Gasteiger partial charge is 0.497 e. The first-order chi connectivity index (χ1) is 12.1. The van der Waals surface area contributed by atoms with Crippen molar-refractivity contribution >= 4 is 6.09 Å². The first kappa shape index (κ1) is 18.6. The molecule has 6 heteroatoms. The summed E-state index contributed by atoms with van der Waals surface area (Å²) in [6, 6.07) is 11.8. The van der Waals surface area contributed by atoms with E-state index in [0.717, 1.165) is 11.1 Å². The van der Waals surface area contributed by atoms with Crippen molar-refractivity contribution in [2.24, 2.45) is 0 Å². The molecule has 5 nitrogen and oxygen atoms in total. The van der Waals surface area contributed by atoms with Gasteiger partial charge in [-0.25, -0.2) is 9.18 Å². The zero-order valence-electron chi connectivity index (χ0n) is 14.4. The lowest BCUT2D eigenvalue weighted by Gasteiger charge is -2.10. The number of halogens is 1. The Kier molecular flexibility index (Phi) is 7.07. The molecule has 2 aromatic carbocycles. The Morgan fingerprint density at radius 3 is 2.36 bits per heavy atom. The Morgan fingerprint density at radius 1 is 1.00 bits per heavy atom. The van der Waals surface area contributed by atoms with Crippen molar-refractivity contribution in [3.8, 4) is 11.5 Å². The number of methoxy groups -OCH3 is 2. The quantitative estimate of drug-likeness (QED) is 0.796. The van der Waals surface area contributed by atoms with Crippen LogP contribution >= 0.6 is 0 Å². The van der Waals surface area contributed by atoms with E-state index in [1.807, 2.05) is 12.1 Å². The van der Waals surface area contributed by atoms with Crippen LogP contribution < -0.4 is 14.8 Å². The summed E-state index contributed by atoms with van der Waals surface area (Å²) < 4.78 is 28.6. The third kappa shape index (κ3) is 6.33. The third-order valence-corrected chi connectivity index (χ3v) is 3.61. The van der Waals surface area contributed by atoms with E-state index < -0.39 is 6.09 Å². The van der Waals surface area contributed by atoms with Crippen LogP contribution in [0, 0.1) is 5.82 Å². The van der Waals surface area contributed by atoms with Crippen molar-refractivity contribution in [2.45, 2.75) is 12.8 Å². The number of hydrogen-bond donors (Lipinski definition) is 1. The van der Waals surface area contributed by atoms with Gasteiger partial charge in [0.15, 0.2) is 0 Å². The van der Waals surface area contributed by atoms with Crippen molar-refractivity contribution < 1.29 is 23.4 Å². The number of rotatable bonds is 8. The van der Waals surface area contributed by atoms with Crippen LogP contribution in [0.1, 0.15) is 11.1 Å². The summed E-state index contributed by atoms with van der Waals surface area (Å²) in [5.41, 5.74) is 1.77. The highest BCUT2D eigenvalue weighted by atomic mass is 19.1. The third-order valence-electron chi connectivity index (χ3n) is 3.61. The van der Waals surface area contributed by atoms with E-state index in [9.17, 15) is 9.18 Å². The summed E-state index contributed by atoms with van der Waals surface area (Å²) in [6.45, 7) is 0.622. The van der Waals surface area contributed by atoms with Gasteiger partial charge in [-0.05, 0) is 41.8 Å². The van der Waals surface area contributed by atoms with Crippen LogP contribution in [-0.4, -0.2) is 33.5 Å². The fourth-order valence-corrected chi connectivity index (χ4v) is 2.32. The van der Waals surface area contributed by atoms with Gasteiger partial charge in [0.05, 0.1) is 20.8 Å². The minimum absolute atomic E-state index is 0.197. The van der Waals surface area contributed by atoms with E-state index in [-0.39, 0.29) is 12.4 Å². The van der Waals surface area contributed by atoms with Gasteiger partial charge < -0.3 is 19.5 Å². The number of nitrogens with one attached hydrogen (secondary N) is 1. The van der Waals surface area contributed by atoms with Crippen LogP contribution in [-0.2, 0) is 17.6 Å². The Bertz CT molecular complexity index is 683. The van der Waals surface area contributed by atoms with E-state index >= 15 is 0 Å². The van der Waals surface area contributed by atoms with Crippen molar-refractivity contribution in [3.05, 3.63) is 59.4 Å². The lowest BCUT2D eigenvalue weighted by Crippen LogP contribution is -2.27. The summed E-state index contributed by atoms with van der Waals surface area (Å²) in [5.74, 6) is 1.11. The maximum atomic E-state index is 13.1. The van der Waals surface area contributed by atoms with Gasteiger partial charge in [0, 0.05) is 19.0 Å². The number of benzene rings is 2. The smallest absolute Gasteiger partial charge is 0.407 e. The molecule has 1 N–H and O–H groups in total. The molecule has 0 bridgehead atoms. The summed E-state index contributed by atoms with van der Waals surface area (Å²) in [5, 5.41) is 2.69. The lowest BCUT2D eigenvalue weighted by atomic mass is 10.1. The molecule has 134 valence electrons. The number of alkyl carbamates (subject to hydrolysis) is 1. The predicted molar refractivity (Wildman–Crippen MR) is 92.7 cm³/mol. The number of ether oxygens (including phenoxy) is 3. The van der Waals surface area contributed by atoms with E-state index in [1.54, 1.807) is 32.4 Å². The molecule has 1 amide bonds. The summed E-state index contributed by atoms with van der Waals surface area (Å²) in [6.07, 6.45) is 0.594. The van der Waals surface area contributed by atoms with Gasteiger partial charge in [0.1, 0.15) is 17.3 Å². The number of hydrogen-bond acceptors (Lipinski definition) is 4. The van der Waals surface area contributed by atoms with E-state index in [1.165, 1.54) is 12.1 Å². The average molecular weight is 347 g/mol. The molecule has 0 spiro atoms. The molecule has 0 saturated carbocycles. The van der Waals surface area contributed by atoms with Crippen molar-refractivity contribution in [1.82, 2.24) is 5.32 Å². The normalized spacial score (nSPS) is 10.2. The van der Waals surface area contributed by atoms with Crippen molar-refractivity contribution in [3.63, 3.8) is 0 Å². The van der Waals surface area contributed by atoms with E-state index in [2.05, 4.69) is 5.32 Å². The topological polar surface area (TPSA) is 56.8 Å². The number of amides is 1. The van der Waals surface area contributed by atoms with Crippen LogP contribution in [0.25, 0.3) is 0 Å². The molecule has 0 saturated heterocycles. The molecule has 0 atom stereocenters. The highest BCUT2D eigenvalue weighted by molar-refractivity contribution is 5.67. The molecule has 0 radical (unpaired) electrons. The second kappa shape index (κ2) is 9.52. The highest BCUT2D eigenvalue weighted by Gasteiger charge is 2.05. The molecule has 0 aliphatic rings. The van der Waals surface area contributed by atoms with Crippen LogP contribution in [0.5, 0.6) is 11.5 Å². The Balaban J connectivity index is 1.71. The first-order valence-electron chi connectivity index (χ1n) is 7.97. The van der Waals surface area contributed by atoms with Gasteiger partial charge in [-0.3, -0.25) is 0 Å². The summed E-state index contributed by atoms with van der Waals surface area (Å²) >= 11 is 0. The Labute approximate surface area is 146 Å². The molecule has 0 aromatic heterocycles. The average Bonchev–Trinajstić information content (AvgIpc) is 2.61. The predicted octanol–water partition coefficient (Wildman–Crippen LogP) is 3.35. The van der Waals surface area contributed by atoms with Gasteiger partial charge in [0.2, 0.25) is 0 Å². The zero-order chi connectivity index (χ0) is 18.1. The van der Waals surface area contributed by atoms with Crippen LogP contribution in [0.2, 0.25) is 0 Å². The molecule has 0 unspecified atom stereocenters. The van der Waals surface area contributed by atoms with Crippen molar-refractivity contribution in [2.75, 3.05) is 27.4 Å². The van der Waals surface area contributed by atoms with Gasteiger partial charge in [-0.2, -0.15) is 0 Å². The molecular formula is C19H22FNO4. The SMILES string of the molecule is COc1cc(CCNC(=O)OCCc2cccc(F)c2)cc(OC)c1. The van der Waals surface area contributed by atoms with E-state index in [4.69, 9.17) is 14.2 Å². The Morgan fingerprint density at radius 2 is 1.72 bits per heavy atom. The minimum Gasteiger partial charge on any atom is -0.497 e. The number of carbonyl (C=O) groups is 1. The fourth-order valence-electron chi connectivity index (χ4n) is 2.32. The van der Waals surface area contributed by atoms with Crippen LogP contribution in [0.3, 0.4) is 0 Å². The second-order valence-electron chi connectivity index (χ2n) is 5.41. The van der Waals surface area contributed by atoms with E-state index in [0.29, 0.717) is 30.9 Å². The summed E-state index contributed by atoms with van der Waals surface area (Å²) in [4.78, 5) is 11.7. The van der Waals surface area contributed by atoms with Crippen LogP contribution in [0.15, 0.2) is 42.5 Å². The monoisotopic (exact) mass is 347 g/mol. The molecule has 25 heavy (non-hydrogen) atoms. The zero-order valence-corrected chi connectivity index (χ0v) is 14.4. The molecule has 0 heterocycles. The lowest BCUT2D eigenvalue weighted by molar-refractivity contribution is 0.147. The van der Waals surface area contributed by atoms with Gasteiger partial charge in [-0.15, -0.1) is 0 Å². The number of carbonyl (C=O) groups excluding carboxylic acids is 1. The molecule has 2 aromatic rings. The minimum atomic E-state index is -0.494. The van der Waals surface area contributed by atoms with Gasteiger partial charge >= 0.3 is 6.09 Å². The van der Waals surface area contributed by atoms with Gasteiger partial charge in [-0.1, -0.05) is 12.1 Å². The molecule has 0 fully saturated rings. The maximum Gasteiger partial charge on any atom is 0.407 e. The highest BCUT2D eigenvalue weighted by Crippen LogP contribution is 2.22. The molecular weight excluding hydrogens is 325 g/mol. The summed E-state index contributed by atoms with van der Waals surface area (Å²) in [7, 11) is 3.18. The standard InChI is InChI=1S/C19H22FNO4/c1-23-17-11-15(12-18(13-17)24-2)6-8-21-19(22)25-9-7-14-4-3-5-16(20)10-14/h3-5,10-13H,6-9H2,1-2H3,(H,21,22). The van der Waals surface area contributed by atoms with Gasteiger partial charge in [0.25, 0.3) is 0 Å². The molecule has 0 aliphatic heterocycles. The second-order valence-corrected chi connectivity index (χ2v) is 5.41. The van der Waals surface area contributed by atoms with Crippen LogP contribution in [0.4, 0.5) is 9.18 Å². The van der Waals surface area contributed by atoms with Crippen molar-refractivity contribution in [1.29, 1.82) is 0 Å². The maximum absolute atomic E-state index is 13.1. The Hall–Kier alpha value is -2.76. The fraction of sp³-hybridized carbons (Fsp3) is 0.316.